The van der Waals surface area contributed by atoms with E-state index >= 15 is 0 Å². The highest BCUT2D eigenvalue weighted by atomic mass is 32.1. The molecule has 130 valence electrons. The molecule has 0 unspecified atom stereocenters. The summed E-state index contributed by atoms with van der Waals surface area (Å²) in [6.07, 6.45) is 0.389. The van der Waals surface area contributed by atoms with Crippen LogP contribution in [0.5, 0.6) is 0 Å². The number of benzene rings is 2. The van der Waals surface area contributed by atoms with Crippen LogP contribution < -0.4 is 5.73 Å². The molecule has 0 fully saturated rings. The van der Waals surface area contributed by atoms with Crippen molar-refractivity contribution in [2.45, 2.75) is 20.3 Å². The van der Waals surface area contributed by atoms with Gasteiger partial charge in [-0.25, -0.2) is 13.8 Å². The average molecular weight is 360 g/mol. The molecule has 1 heterocycles. The van der Waals surface area contributed by atoms with E-state index in [1.165, 1.54) is 42.5 Å². The summed E-state index contributed by atoms with van der Waals surface area (Å²) < 4.78 is 25.0. The number of thiazole rings is 1. The Balaban J connectivity index is 0.000000186. The zero-order chi connectivity index (χ0) is 18.4. The number of nitrogens with two attached hydrogens (primary N) is 1. The lowest BCUT2D eigenvalue weighted by atomic mass is 10.1. The fraction of sp³-hybridized carbons (Fsp3) is 0.158. The molecule has 0 aliphatic heterocycles. The molecule has 6 heteroatoms. The number of hydrogen-bond acceptors (Lipinski definition) is 4. The predicted molar refractivity (Wildman–Crippen MR) is 97.4 cm³/mol. The molecular formula is C19H18F2N2OS. The maximum Gasteiger partial charge on any atom is 0.180 e. The van der Waals surface area contributed by atoms with Gasteiger partial charge >= 0.3 is 0 Å². The first-order chi connectivity index (χ1) is 11.8. The highest BCUT2D eigenvalue weighted by molar-refractivity contribution is 7.18. The molecular weight excluding hydrogens is 342 g/mol. The molecule has 0 atom stereocenters. The number of halogens is 2. The Labute approximate surface area is 149 Å². The van der Waals surface area contributed by atoms with Crippen LogP contribution in [0.3, 0.4) is 0 Å². The van der Waals surface area contributed by atoms with Gasteiger partial charge < -0.3 is 5.73 Å². The standard InChI is InChI=1S/C10H9FN2S.C9H9FO/c1-6-9(14-10(12)13-6)7-2-4-8(11)5-3-7;1-7(11)6-8-2-4-9(10)5-3-8/h2-5H,1H3,(H2,12,13);2-5H,6H2,1H3. The molecule has 0 spiro atoms. The molecule has 0 radical (unpaired) electrons. The first kappa shape index (κ1) is 18.7. The van der Waals surface area contributed by atoms with E-state index in [-0.39, 0.29) is 17.4 Å². The third-order valence-electron chi connectivity index (χ3n) is 3.29. The summed E-state index contributed by atoms with van der Waals surface area (Å²) in [5.74, 6) is -0.405. The minimum absolute atomic E-state index is 0.0941. The Morgan fingerprint density at radius 3 is 2.00 bits per heavy atom. The van der Waals surface area contributed by atoms with Crippen molar-refractivity contribution in [3.05, 3.63) is 71.4 Å². The minimum Gasteiger partial charge on any atom is -0.375 e. The Morgan fingerprint density at radius 1 is 1.04 bits per heavy atom. The topological polar surface area (TPSA) is 56.0 Å². The van der Waals surface area contributed by atoms with Gasteiger partial charge in [-0.05, 0) is 49.2 Å². The number of hydrogen-bond donors (Lipinski definition) is 1. The van der Waals surface area contributed by atoms with E-state index < -0.39 is 0 Å². The number of rotatable bonds is 3. The molecule has 0 aliphatic carbocycles. The number of aryl methyl sites for hydroxylation is 1. The lowest BCUT2D eigenvalue weighted by Gasteiger charge is -1.97. The highest BCUT2D eigenvalue weighted by Crippen LogP contribution is 2.30. The SMILES string of the molecule is CC(=O)Cc1ccc(F)cc1.Cc1nc(N)sc1-c1ccc(F)cc1. The van der Waals surface area contributed by atoms with Gasteiger partial charge in [0, 0.05) is 6.42 Å². The summed E-state index contributed by atoms with van der Waals surface area (Å²) in [6.45, 7) is 3.41. The van der Waals surface area contributed by atoms with Gasteiger partial charge in [-0.3, -0.25) is 4.79 Å². The smallest absolute Gasteiger partial charge is 0.180 e. The van der Waals surface area contributed by atoms with Crippen molar-refractivity contribution in [3.8, 4) is 10.4 Å². The number of anilines is 1. The van der Waals surface area contributed by atoms with E-state index in [1.54, 1.807) is 24.3 Å². The van der Waals surface area contributed by atoms with Crippen LogP contribution in [-0.2, 0) is 11.2 Å². The maximum atomic E-state index is 12.7. The first-order valence-corrected chi connectivity index (χ1v) is 8.39. The van der Waals surface area contributed by atoms with Crippen molar-refractivity contribution in [1.82, 2.24) is 4.98 Å². The summed E-state index contributed by atoms with van der Waals surface area (Å²) in [6, 6.07) is 12.3. The fourth-order valence-electron chi connectivity index (χ4n) is 2.18. The second kappa shape index (κ2) is 8.48. The molecule has 3 aromatic rings. The molecule has 2 aromatic carbocycles. The van der Waals surface area contributed by atoms with Gasteiger partial charge in [0.2, 0.25) is 0 Å². The summed E-state index contributed by atoms with van der Waals surface area (Å²) in [7, 11) is 0. The van der Waals surface area contributed by atoms with Crippen molar-refractivity contribution >= 4 is 22.3 Å². The summed E-state index contributed by atoms with van der Waals surface area (Å²) >= 11 is 1.42. The molecule has 0 bridgehead atoms. The minimum atomic E-state index is -0.266. The van der Waals surface area contributed by atoms with E-state index in [2.05, 4.69) is 4.98 Å². The lowest BCUT2D eigenvalue weighted by Crippen LogP contribution is -1.95. The Morgan fingerprint density at radius 2 is 1.56 bits per heavy atom. The first-order valence-electron chi connectivity index (χ1n) is 7.58. The third-order valence-corrected chi connectivity index (χ3v) is 4.32. The fourth-order valence-corrected chi connectivity index (χ4v) is 3.02. The molecule has 0 amide bonds. The van der Waals surface area contributed by atoms with Gasteiger partial charge in [0.05, 0.1) is 10.6 Å². The number of nitrogen functional groups attached to an aromatic ring is 1. The van der Waals surface area contributed by atoms with Crippen LogP contribution in [0.25, 0.3) is 10.4 Å². The van der Waals surface area contributed by atoms with Crippen molar-refractivity contribution in [2.24, 2.45) is 0 Å². The lowest BCUT2D eigenvalue weighted by molar-refractivity contribution is -0.116. The summed E-state index contributed by atoms with van der Waals surface area (Å²) in [5.41, 5.74) is 8.28. The van der Waals surface area contributed by atoms with Crippen LogP contribution in [0.15, 0.2) is 48.5 Å². The molecule has 0 saturated heterocycles. The molecule has 3 rings (SSSR count). The summed E-state index contributed by atoms with van der Waals surface area (Å²) in [4.78, 5) is 15.7. The normalized spacial score (nSPS) is 10.1. The number of Topliss-reactive ketones (excluding diaryl/α,β-unsaturated/α-hetero) is 1. The maximum absolute atomic E-state index is 12.7. The van der Waals surface area contributed by atoms with Crippen LogP contribution >= 0.6 is 11.3 Å². The van der Waals surface area contributed by atoms with Gasteiger partial charge in [-0.1, -0.05) is 35.6 Å². The monoisotopic (exact) mass is 360 g/mol. The van der Waals surface area contributed by atoms with Crippen molar-refractivity contribution in [1.29, 1.82) is 0 Å². The van der Waals surface area contributed by atoms with Gasteiger partial charge in [-0.15, -0.1) is 0 Å². The zero-order valence-corrected chi connectivity index (χ0v) is 14.7. The van der Waals surface area contributed by atoms with Crippen LogP contribution in [-0.4, -0.2) is 10.8 Å². The summed E-state index contributed by atoms with van der Waals surface area (Å²) in [5, 5.41) is 0.543. The van der Waals surface area contributed by atoms with Gasteiger partial charge in [0.25, 0.3) is 0 Å². The third kappa shape index (κ3) is 5.76. The van der Waals surface area contributed by atoms with Crippen LogP contribution in [0.4, 0.5) is 13.9 Å². The van der Waals surface area contributed by atoms with Crippen molar-refractivity contribution < 1.29 is 13.6 Å². The number of carbonyl (C=O) groups excluding carboxylic acids is 1. The Hall–Kier alpha value is -2.60. The largest absolute Gasteiger partial charge is 0.375 e. The molecule has 1 aromatic heterocycles. The van der Waals surface area contributed by atoms with Crippen molar-refractivity contribution in [3.63, 3.8) is 0 Å². The Bertz CT molecular complexity index is 843. The highest BCUT2D eigenvalue weighted by Gasteiger charge is 2.07. The van der Waals surface area contributed by atoms with Crippen LogP contribution in [0.1, 0.15) is 18.2 Å². The molecule has 2 N–H and O–H groups in total. The Kier molecular flexibility index (Phi) is 6.36. The van der Waals surface area contributed by atoms with Gasteiger partial charge in [0.15, 0.2) is 5.13 Å². The number of nitrogens with zero attached hydrogens (tertiary/aromatic N) is 1. The van der Waals surface area contributed by atoms with E-state index in [0.717, 1.165) is 21.7 Å². The van der Waals surface area contributed by atoms with Crippen LogP contribution in [0.2, 0.25) is 0 Å². The number of ketones is 1. The van der Waals surface area contributed by atoms with Gasteiger partial charge in [-0.2, -0.15) is 0 Å². The zero-order valence-electron chi connectivity index (χ0n) is 13.9. The second-order valence-corrected chi connectivity index (χ2v) is 6.51. The quantitative estimate of drug-likeness (QED) is 0.730. The van der Waals surface area contributed by atoms with Crippen molar-refractivity contribution in [2.75, 3.05) is 5.73 Å². The number of aromatic nitrogens is 1. The molecule has 0 aliphatic rings. The van der Waals surface area contributed by atoms with E-state index in [9.17, 15) is 13.6 Å². The predicted octanol–water partition coefficient (Wildman–Crippen LogP) is 4.80. The molecule has 25 heavy (non-hydrogen) atoms. The van der Waals surface area contributed by atoms with E-state index in [4.69, 9.17) is 5.73 Å². The van der Waals surface area contributed by atoms with Crippen LogP contribution in [0, 0.1) is 18.6 Å². The second-order valence-electron chi connectivity index (χ2n) is 5.48. The molecule has 3 nitrogen and oxygen atoms in total. The van der Waals surface area contributed by atoms with E-state index in [0.29, 0.717) is 11.6 Å². The molecule has 0 saturated carbocycles. The van der Waals surface area contributed by atoms with Gasteiger partial charge in [0.1, 0.15) is 17.4 Å². The number of carbonyl (C=O) groups is 1. The average Bonchev–Trinajstić information content (AvgIpc) is 2.89. The van der Waals surface area contributed by atoms with E-state index in [1.807, 2.05) is 6.92 Å².